The van der Waals surface area contributed by atoms with E-state index in [-0.39, 0.29) is 5.60 Å². The molecule has 0 aliphatic carbocycles. The lowest BCUT2D eigenvalue weighted by Gasteiger charge is -2.30. The molecule has 0 atom stereocenters. The van der Waals surface area contributed by atoms with Crippen LogP contribution in [-0.4, -0.2) is 30.9 Å². The molecule has 168 valence electrons. The Morgan fingerprint density at radius 2 is 1.94 bits per heavy atom. The largest absolute Gasteiger partial charge is 0.370 e. The van der Waals surface area contributed by atoms with Gasteiger partial charge in [-0.3, -0.25) is 0 Å². The molecule has 5 nitrogen and oxygen atoms in total. The van der Waals surface area contributed by atoms with Crippen LogP contribution in [0.5, 0.6) is 0 Å². The maximum atomic E-state index is 6.08. The number of thiophene rings is 1. The van der Waals surface area contributed by atoms with Crippen molar-refractivity contribution in [2.45, 2.75) is 68.8 Å². The molecular formula is C24H28N4OS3. The predicted molar refractivity (Wildman–Crippen MR) is 135 cm³/mol. The lowest BCUT2D eigenvalue weighted by Crippen LogP contribution is -2.31. The Hall–Kier alpha value is -1.61. The van der Waals surface area contributed by atoms with Gasteiger partial charge in [-0.15, -0.1) is 21.5 Å². The molecule has 1 aliphatic heterocycles. The Bertz CT molecular complexity index is 1250. The van der Waals surface area contributed by atoms with Crippen LogP contribution in [0.3, 0.4) is 0 Å². The van der Waals surface area contributed by atoms with Gasteiger partial charge in [0.2, 0.25) is 0 Å². The standard InChI is InChI=1S/C24H28N4OS3/c1-15(2)10-11-30-23-27-26-20-19-17-12-24(3,4)29-13-18(17)32-21(19)25-22(28(20)23)31-14-16-8-6-5-7-9-16/h5-9,15H,10-14H2,1-4H3. The topological polar surface area (TPSA) is 52.3 Å². The van der Waals surface area contributed by atoms with E-state index in [4.69, 9.17) is 14.8 Å². The highest BCUT2D eigenvalue weighted by Gasteiger charge is 2.31. The number of thioether (sulfide) groups is 2. The van der Waals surface area contributed by atoms with Gasteiger partial charge >= 0.3 is 0 Å². The van der Waals surface area contributed by atoms with Crippen molar-refractivity contribution < 1.29 is 4.74 Å². The van der Waals surface area contributed by atoms with Gasteiger partial charge in [0.05, 0.1) is 17.6 Å². The number of hydrogen-bond acceptors (Lipinski definition) is 7. The fraction of sp³-hybridized carbons (Fsp3) is 0.458. The average Bonchev–Trinajstić information content (AvgIpc) is 3.33. The van der Waals surface area contributed by atoms with Crippen molar-refractivity contribution in [3.05, 3.63) is 46.3 Å². The summed E-state index contributed by atoms with van der Waals surface area (Å²) < 4.78 is 8.27. The molecule has 1 aromatic carbocycles. The van der Waals surface area contributed by atoms with E-state index in [1.54, 1.807) is 34.9 Å². The number of aromatic nitrogens is 4. The second-order valence-corrected chi connectivity index (χ2v) is 12.3. The summed E-state index contributed by atoms with van der Waals surface area (Å²) in [5, 5.41) is 12.4. The third-order valence-corrected chi connectivity index (χ3v) is 8.72. The van der Waals surface area contributed by atoms with Crippen molar-refractivity contribution in [2.24, 2.45) is 5.92 Å². The summed E-state index contributed by atoms with van der Waals surface area (Å²) >= 11 is 5.28. The van der Waals surface area contributed by atoms with Crippen LogP contribution in [0.25, 0.3) is 15.9 Å². The van der Waals surface area contributed by atoms with Crippen LogP contribution in [-0.2, 0) is 23.5 Å². The van der Waals surface area contributed by atoms with Crippen LogP contribution >= 0.6 is 34.9 Å². The van der Waals surface area contributed by atoms with Gasteiger partial charge in [0.1, 0.15) is 4.83 Å². The maximum Gasteiger partial charge on any atom is 0.197 e. The molecule has 0 amide bonds. The minimum absolute atomic E-state index is 0.173. The van der Waals surface area contributed by atoms with Crippen molar-refractivity contribution in [1.82, 2.24) is 19.6 Å². The van der Waals surface area contributed by atoms with Crippen LogP contribution in [0.2, 0.25) is 0 Å². The highest BCUT2D eigenvalue weighted by atomic mass is 32.2. The second kappa shape index (κ2) is 8.97. The highest BCUT2D eigenvalue weighted by Crippen LogP contribution is 2.41. The molecule has 0 bridgehead atoms. The smallest absolute Gasteiger partial charge is 0.197 e. The van der Waals surface area contributed by atoms with E-state index in [0.29, 0.717) is 12.5 Å². The van der Waals surface area contributed by atoms with E-state index < -0.39 is 0 Å². The van der Waals surface area contributed by atoms with Crippen LogP contribution in [0, 0.1) is 5.92 Å². The van der Waals surface area contributed by atoms with Gasteiger partial charge in [-0.2, -0.15) is 0 Å². The molecule has 8 heteroatoms. The van der Waals surface area contributed by atoms with Crippen LogP contribution in [0.4, 0.5) is 0 Å². The molecule has 4 heterocycles. The number of nitrogens with zero attached hydrogens (tertiary/aromatic N) is 4. The van der Waals surface area contributed by atoms with E-state index in [1.807, 2.05) is 0 Å². The first kappa shape index (κ1) is 22.2. The molecule has 0 saturated heterocycles. The average molecular weight is 485 g/mol. The number of ether oxygens (including phenoxy) is 1. The lowest BCUT2D eigenvalue weighted by atomic mass is 9.94. The molecule has 0 N–H and O–H groups in total. The normalized spacial score (nSPS) is 15.7. The van der Waals surface area contributed by atoms with Gasteiger partial charge in [0.15, 0.2) is 16.0 Å². The summed E-state index contributed by atoms with van der Waals surface area (Å²) in [5.74, 6) is 2.57. The zero-order valence-corrected chi connectivity index (χ0v) is 21.4. The van der Waals surface area contributed by atoms with Crippen LogP contribution in [0.1, 0.15) is 50.1 Å². The first-order valence-corrected chi connectivity index (χ1v) is 13.8. The molecule has 0 fully saturated rings. The zero-order chi connectivity index (χ0) is 22.3. The number of fused-ring (bicyclic) bond motifs is 5. The number of hydrogen-bond donors (Lipinski definition) is 0. The molecule has 0 spiro atoms. The third kappa shape index (κ3) is 4.42. The summed E-state index contributed by atoms with van der Waals surface area (Å²) in [7, 11) is 0. The Kier molecular flexibility index (Phi) is 6.22. The molecule has 5 rings (SSSR count). The summed E-state index contributed by atoms with van der Waals surface area (Å²) in [5.41, 5.74) is 3.39. The summed E-state index contributed by atoms with van der Waals surface area (Å²) in [6, 6.07) is 10.6. The van der Waals surface area contributed by atoms with E-state index in [9.17, 15) is 0 Å². The van der Waals surface area contributed by atoms with E-state index >= 15 is 0 Å². The maximum absolute atomic E-state index is 6.08. The Morgan fingerprint density at radius 3 is 2.72 bits per heavy atom. The number of rotatable bonds is 7. The zero-order valence-electron chi connectivity index (χ0n) is 18.9. The Labute approximate surface area is 201 Å². The molecule has 0 radical (unpaired) electrons. The van der Waals surface area contributed by atoms with Crippen molar-refractivity contribution in [3.63, 3.8) is 0 Å². The van der Waals surface area contributed by atoms with Crippen molar-refractivity contribution >= 4 is 50.7 Å². The van der Waals surface area contributed by atoms with Crippen molar-refractivity contribution in [1.29, 1.82) is 0 Å². The lowest BCUT2D eigenvalue weighted by molar-refractivity contribution is -0.0379. The third-order valence-electron chi connectivity index (χ3n) is 5.65. The first-order valence-electron chi connectivity index (χ1n) is 11.0. The molecule has 3 aromatic heterocycles. The fourth-order valence-corrected chi connectivity index (χ4v) is 7.22. The molecular weight excluding hydrogens is 456 g/mol. The SMILES string of the molecule is CC(C)CCSc1nnc2c3c4c(sc3nc(SCc3ccccc3)n12)COC(C)(C)C4. The minimum atomic E-state index is -0.173. The molecule has 0 saturated carbocycles. The molecule has 0 unspecified atom stereocenters. The van der Waals surface area contributed by atoms with Gasteiger partial charge in [-0.05, 0) is 37.3 Å². The quantitative estimate of drug-likeness (QED) is 0.217. The monoisotopic (exact) mass is 484 g/mol. The van der Waals surface area contributed by atoms with Gasteiger partial charge in [-0.1, -0.05) is 67.7 Å². The molecule has 1 aliphatic rings. The van der Waals surface area contributed by atoms with E-state index in [2.05, 4.69) is 67.5 Å². The van der Waals surface area contributed by atoms with E-state index in [0.717, 1.165) is 50.5 Å². The second-order valence-electron chi connectivity index (χ2n) is 9.25. The Morgan fingerprint density at radius 1 is 1.12 bits per heavy atom. The first-order chi connectivity index (χ1) is 15.4. The predicted octanol–water partition coefficient (Wildman–Crippen LogP) is 6.62. The molecule has 4 aromatic rings. The summed E-state index contributed by atoms with van der Waals surface area (Å²) in [6.45, 7) is 9.48. The Balaban J connectivity index is 1.60. The van der Waals surface area contributed by atoms with Gasteiger partial charge in [0.25, 0.3) is 0 Å². The van der Waals surface area contributed by atoms with Crippen molar-refractivity contribution in [3.8, 4) is 0 Å². The van der Waals surface area contributed by atoms with E-state index in [1.165, 1.54) is 16.0 Å². The van der Waals surface area contributed by atoms with Gasteiger partial charge in [-0.25, -0.2) is 9.38 Å². The highest BCUT2D eigenvalue weighted by molar-refractivity contribution is 7.99. The summed E-state index contributed by atoms with van der Waals surface area (Å²) in [6.07, 6.45) is 2.03. The minimum Gasteiger partial charge on any atom is -0.370 e. The van der Waals surface area contributed by atoms with Crippen LogP contribution < -0.4 is 0 Å². The fourth-order valence-electron chi connectivity index (χ4n) is 3.89. The van der Waals surface area contributed by atoms with Gasteiger partial charge < -0.3 is 4.74 Å². The van der Waals surface area contributed by atoms with Gasteiger partial charge in [0, 0.05) is 22.8 Å². The molecule has 32 heavy (non-hydrogen) atoms. The number of benzene rings is 1. The van der Waals surface area contributed by atoms with Crippen molar-refractivity contribution in [2.75, 3.05) is 5.75 Å². The van der Waals surface area contributed by atoms with Crippen LogP contribution in [0.15, 0.2) is 40.6 Å². The summed E-state index contributed by atoms with van der Waals surface area (Å²) in [4.78, 5) is 7.46.